The minimum absolute atomic E-state index is 0.266. The van der Waals surface area contributed by atoms with Crippen molar-refractivity contribution in [1.29, 1.82) is 0 Å². The lowest BCUT2D eigenvalue weighted by molar-refractivity contribution is 0.591. The zero-order valence-corrected chi connectivity index (χ0v) is 12.2. The number of benzene rings is 1. The van der Waals surface area contributed by atoms with Crippen molar-refractivity contribution >= 4 is 21.4 Å². The van der Waals surface area contributed by atoms with E-state index in [1.807, 2.05) is 6.07 Å². The first kappa shape index (κ1) is 13.0. The number of sulfonamides is 1. The van der Waals surface area contributed by atoms with Gasteiger partial charge in [-0.3, -0.25) is 9.40 Å². The van der Waals surface area contributed by atoms with Crippen LogP contribution in [0.2, 0.25) is 0 Å². The summed E-state index contributed by atoms with van der Waals surface area (Å²) in [5, 5.41) is 6.70. The number of fused-ring (bicyclic) bond motifs is 1. The average Bonchev–Trinajstić information content (AvgIpc) is 2.93. The molecule has 7 heteroatoms. The summed E-state index contributed by atoms with van der Waals surface area (Å²) in [4.78, 5) is 0.266. The maximum absolute atomic E-state index is 12.8. The van der Waals surface area contributed by atoms with E-state index in [4.69, 9.17) is 5.73 Å². The van der Waals surface area contributed by atoms with Crippen LogP contribution in [0.5, 0.6) is 0 Å². The minimum atomic E-state index is -3.58. The second kappa shape index (κ2) is 4.24. The summed E-state index contributed by atoms with van der Waals surface area (Å²) >= 11 is 0. The molecule has 1 aliphatic rings. The molecule has 2 aromatic rings. The molecule has 1 aromatic heterocycles. The molecule has 3 rings (SSSR count). The van der Waals surface area contributed by atoms with E-state index in [9.17, 15) is 8.42 Å². The Morgan fingerprint density at radius 1 is 1.35 bits per heavy atom. The van der Waals surface area contributed by atoms with Crippen molar-refractivity contribution in [2.24, 2.45) is 0 Å². The molecule has 1 aliphatic heterocycles. The zero-order valence-electron chi connectivity index (χ0n) is 11.3. The lowest BCUT2D eigenvalue weighted by Gasteiger charge is -2.19. The number of H-pyrrole nitrogens is 1. The molecular formula is C13H16N4O2S. The lowest BCUT2D eigenvalue weighted by Crippen LogP contribution is -2.29. The van der Waals surface area contributed by atoms with Gasteiger partial charge in [0, 0.05) is 12.2 Å². The van der Waals surface area contributed by atoms with Crippen LogP contribution < -0.4 is 10.0 Å². The van der Waals surface area contributed by atoms with Gasteiger partial charge in [-0.25, -0.2) is 8.42 Å². The van der Waals surface area contributed by atoms with Gasteiger partial charge in [0.15, 0.2) is 0 Å². The smallest absolute Gasteiger partial charge is 0.268 e. The van der Waals surface area contributed by atoms with Gasteiger partial charge in [0.2, 0.25) is 0 Å². The Kier molecular flexibility index (Phi) is 2.75. The summed E-state index contributed by atoms with van der Waals surface area (Å²) in [7, 11) is -3.58. The van der Waals surface area contributed by atoms with E-state index in [1.165, 1.54) is 4.31 Å². The van der Waals surface area contributed by atoms with Crippen molar-refractivity contribution in [3.63, 3.8) is 0 Å². The molecule has 6 nitrogen and oxygen atoms in total. The third kappa shape index (κ3) is 1.77. The SMILES string of the molecule is Cc1n[nH]c(C)c1S(=O)(=O)N1CCc2cc(N)ccc21. The summed E-state index contributed by atoms with van der Waals surface area (Å²) < 4.78 is 27.1. The van der Waals surface area contributed by atoms with Crippen molar-refractivity contribution in [2.45, 2.75) is 25.2 Å². The molecule has 0 spiro atoms. The molecule has 106 valence electrons. The van der Waals surface area contributed by atoms with E-state index < -0.39 is 10.0 Å². The predicted octanol–water partition coefficient (Wildman–Crippen LogP) is 1.36. The van der Waals surface area contributed by atoms with Gasteiger partial charge >= 0.3 is 0 Å². The van der Waals surface area contributed by atoms with E-state index in [0.29, 0.717) is 35.7 Å². The van der Waals surface area contributed by atoms with Crippen LogP contribution in [0.25, 0.3) is 0 Å². The molecule has 0 radical (unpaired) electrons. The van der Waals surface area contributed by atoms with Gasteiger partial charge in [-0.05, 0) is 44.0 Å². The Morgan fingerprint density at radius 2 is 2.10 bits per heavy atom. The first-order chi connectivity index (χ1) is 9.41. The molecule has 0 atom stereocenters. The zero-order chi connectivity index (χ0) is 14.5. The van der Waals surface area contributed by atoms with Crippen molar-refractivity contribution in [3.8, 4) is 0 Å². The molecule has 0 saturated heterocycles. The van der Waals surface area contributed by atoms with Gasteiger partial charge in [0.05, 0.1) is 17.1 Å². The summed E-state index contributed by atoms with van der Waals surface area (Å²) in [6.45, 7) is 3.84. The fourth-order valence-corrected chi connectivity index (χ4v) is 4.51. The Bertz CT molecular complexity index is 760. The van der Waals surface area contributed by atoms with Crippen LogP contribution in [0, 0.1) is 13.8 Å². The Balaban J connectivity index is 2.12. The van der Waals surface area contributed by atoms with Crippen LogP contribution >= 0.6 is 0 Å². The largest absolute Gasteiger partial charge is 0.399 e. The predicted molar refractivity (Wildman–Crippen MR) is 77.2 cm³/mol. The molecule has 0 unspecified atom stereocenters. The standard InChI is InChI=1S/C13H16N4O2S/c1-8-13(9(2)16-15-8)20(18,19)17-6-5-10-7-11(14)3-4-12(10)17/h3-4,7H,5-6,14H2,1-2H3,(H,15,16). The summed E-state index contributed by atoms with van der Waals surface area (Å²) in [6, 6.07) is 5.32. The third-order valence-electron chi connectivity index (χ3n) is 3.57. The Hall–Kier alpha value is -2.02. The van der Waals surface area contributed by atoms with Crippen molar-refractivity contribution in [2.75, 3.05) is 16.6 Å². The maximum atomic E-state index is 12.8. The van der Waals surface area contributed by atoms with E-state index in [-0.39, 0.29) is 4.90 Å². The first-order valence-electron chi connectivity index (χ1n) is 6.34. The fourth-order valence-electron chi connectivity index (χ4n) is 2.67. The highest BCUT2D eigenvalue weighted by Crippen LogP contribution is 2.35. The summed E-state index contributed by atoms with van der Waals surface area (Å²) in [5.41, 5.74) is 9.12. The highest BCUT2D eigenvalue weighted by atomic mass is 32.2. The third-order valence-corrected chi connectivity index (χ3v) is 5.64. The molecule has 0 saturated carbocycles. The van der Waals surface area contributed by atoms with Crippen molar-refractivity contribution < 1.29 is 8.42 Å². The quantitative estimate of drug-likeness (QED) is 0.817. The number of nitrogens with zero attached hydrogens (tertiary/aromatic N) is 2. The number of nitrogen functional groups attached to an aromatic ring is 1. The van der Waals surface area contributed by atoms with Gasteiger partial charge in [-0.2, -0.15) is 5.10 Å². The molecular weight excluding hydrogens is 276 g/mol. The Labute approximate surface area is 117 Å². The van der Waals surface area contributed by atoms with Crippen molar-refractivity contribution in [1.82, 2.24) is 10.2 Å². The normalized spacial score (nSPS) is 14.6. The van der Waals surface area contributed by atoms with E-state index >= 15 is 0 Å². The van der Waals surface area contributed by atoms with Gasteiger partial charge in [0.1, 0.15) is 4.90 Å². The average molecular weight is 292 g/mol. The summed E-state index contributed by atoms with van der Waals surface area (Å²) in [6.07, 6.45) is 0.676. The van der Waals surface area contributed by atoms with Crippen LogP contribution in [0.15, 0.2) is 23.1 Å². The minimum Gasteiger partial charge on any atom is -0.399 e. The Morgan fingerprint density at radius 3 is 2.75 bits per heavy atom. The second-order valence-corrected chi connectivity index (χ2v) is 6.78. The molecule has 20 heavy (non-hydrogen) atoms. The molecule has 0 fully saturated rings. The van der Waals surface area contributed by atoms with Crippen LogP contribution in [-0.2, 0) is 16.4 Å². The van der Waals surface area contributed by atoms with E-state index in [1.54, 1.807) is 26.0 Å². The number of hydrogen-bond donors (Lipinski definition) is 2. The van der Waals surface area contributed by atoms with Gasteiger partial charge in [-0.15, -0.1) is 0 Å². The molecule has 0 bridgehead atoms. The summed E-state index contributed by atoms with van der Waals surface area (Å²) in [5.74, 6) is 0. The van der Waals surface area contributed by atoms with Crippen LogP contribution in [0.4, 0.5) is 11.4 Å². The van der Waals surface area contributed by atoms with Crippen molar-refractivity contribution in [3.05, 3.63) is 35.2 Å². The number of nitrogens with one attached hydrogen (secondary N) is 1. The van der Waals surface area contributed by atoms with Crippen LogP contribution in [0.3, 0.4) is 0 Å². The maximum Gasteiger partial charge on any atom is 0.268 e. The number of hydrogen-bond acceptors (Lipinski definition) is 4. The van der Waals surface area contributed by atoms with Gasteiger partial charge in [-0.1, -0.05) is 0 Å². The number of aromatic amines is 1. The van der Waals surface area contributed by atoms with Crippen LogP contribution in [-0.4, -0.2) is 25.2 Å². The monoisotopic (exact) mass is 292 g/mol. The number of rotatable bonds is 2. The lowest BCUT2D eigenvalue weighted by atomic mass is 10.1. The number of nitrogens with two attached hydrogens (primary N) is 1. The van der Waals surface area contributed by atoms with E-state index in [0.717, 1.165) is 5.56 Å². The molecule has 1 aromatic carbocycles. The van der Waals surface area contributed by atoms with Gasteiger partial charge < -0.3 is 5.73 Å². The number of anilines is 2. The van der Waals surface area contributed by atoms with E-state index in [2.05, 4.69) is 10.2 Å². The first-order valence-corrected chi connectivity index (χ1v) is 7.78. The molecule has 0 amide bonds. The topological polar surface area (TPSA) is 92.1 Å². The fraction of sp³-hybridized carbons (Fsp3) is 0.308. The molecule has 0 aliphatic carbocycles. The van der Waals surface area contributed by atoms with Gasteiger partial charge in [0.25, 0.3) is 10.0 Å². The second-order valence-electron chi connectivity index (χ2n) is 4.98. The highest BCUT2D eigenvalue weighted by molar-refractivity contribution is 7.93. The van der Waals surface area contributed by atoms with Crippen LogP contribution in [0.1, 0.15) is 17.0 Å². The number of aryl methyl sites for hydroxylation is 2. The molecule has 2 heterocycles. The number of aromatic nitrogens is 2. The highest BCUT2D eigenvalue weighted by Gasteiger charge is 2.34. The molecule has 3 N–H and O–H groups in total.